The maximum atomic E-state index is 12.0. The summed E-state index contributed by atoms with van der Waals surface area (Å²) in [5.41, 5.74) is 1.20. The first-order chi connectivity index (χ1) is 11.6. The smallest absolute Gasteiger partial charge is 0.341 e. The van der Waals surface area contributed by atoms with Gasteiger partial charge in [-0.2, -0.15) is 0 Å². The van der Waals surface area contributed by atoms with E-state index < -0.39 is 5.97 Å². The van der Waals surface area contributed by atoms with Crippen LogP contribution in [0.15, 0.2) is 24.3 Å². The summed E-state index contributed by atoms with van der Waals surface area (Å²) in [5.74, 6) is 1.40. The fraction of sp³-hybridized carbons (Fsp3) is 0.312. The summed E-state index contributed by atoms with van der Waals surface area (Å²) in [7, 11) is 2.92. The van der Waals surface area contributed by atoms with Crippen LogP contribution in [0.4, 0.5) is 5.82 Å². The second-order valence-corrected chi connectivity index (χ2v) is 5.53. The van der Waals surface area contributed by atoms with Gasteiger partial charge in [0.1, 0.15) is 23.7 Å². The summed E-state index contributed by atoms with van der Waals surface area (Å²) in [6.07, 6.45) is 0. The molecule has 2 heterocycles. The fourth-order valence-electron chi connectivity index (χ4n) is 2.53. The van der Waals surface area contributed by atoms with Crippen LogP contribution in [0.3, 0.4) is 0 Å². The highest BCUT2D eigenvalue weighted by molar-refractivity contribution is 6.29. The van der Waals surface area contributed by atoms with Crippen molar-refractivity contribution in [3.63, 3.8) is 0 Å². The van der Waals surface area contributed by atoms with Crippen molar-refractivity contribution >= 4 is 23.4 Å². The summed E-state index contributed by atoms with van der Waals surface area (Å²) in [4.78, 5) is 13.9. The maximum Gasteiger partial charge on any atom is 0.341 e. The highest BCUT2D eigenvalue weighted by Gasteiger charge is 2.24. The van der Waals surface area contributed by atoms with Gasteiger partial charge in [-0.05, 0) is 24.3 Å². The summed E-state index contributed by atoms with van der Waals surface area (Å²) in [6, 6.07) is 7.06. The minimum Gasteiger partial charge on any atom is -0.497 e. The molecule has 0 aliphatic carbocycles. The Labute approximate surface area is 144 Å². The number of aromatic nitrogens is 2. The molecule has 2 aromatic rings. The Morgan fingerprint density at radius 3 is 2.88 bits per heavy atom. The molecule has 0 N–H and O–H groups in total. The number of carbonyl (C=O) groups is 1. The van der Waals surface area contributed by atoms with Crippen LogP contribution in [-0.4, -0.2) is 43.5 Å². The molecule has 1 aromatic carbocycles. The van der Waals surface area contributed by atoms with Gasteiger partial charge in [-0.1, -0.05) is 11.6 Å². The minimum atomic E-state index is -0.516. The van der Waals surface area contributed by atoms with Crippen LogP contribution in [0, 0.1) is 0 Å². The highest BCUT2D eigenvalue weighted by Crippen LogP contribution is 2.30. The van der Waals surface area contributed by atoms with Gasteiger partial charge in [0.2, 0.25) is 0 Å². The number of carbonyl (C=O) groups excluding carboxylic acids is 1. The van der Waals surface area contributed by atoms with E-state index in [-0.39, 0.29) is 10.7 Å². The molecule has 0 spiro atoms. The third-order valence-electron chi connectivity index (χ3n) is 3.70. The summed E-state index contributed by atoms with van der Waals surface area (Å²) >= 11 is 5.87. The number of methoxy groups -OCH3 is 2. The van der Waals surface area contributed by atoms with Gasteiger partial charge in [-0.3, -0.25) is 0 Å². The minimum absolute atomic E-state index is 0.132. The Kier molecular flexibility index (Phi) is 4.71. The Hall–Kier alpha value is -2.54. The van der Waals surface area contributed by atoms with E-state index in [2.05, 4.69) is 10.2 Å². The van der Waals surface area contributed by atoms with E-state index in [1.807, 2.05) is 23.1 Å². The van der Waals surface area contributed by atoms with Gasteiger partial charge in [-0.15, -0.1) is 10.2 Å². The molecule has 3 rings (SSSR count). The Morgan fingerprint density at radius 1 is 1.29 bits per heavy atom. The number of hydrogen-bond donors (Lipinski definition) is 0. The zero-order valence-electron chi connectivity index (χ0n) is 13.3. The first-order valence-corrected chi connectivity index (χ1v) is 7.66. The van der Waals surface area contributed by atoms with Gasteiger partial charge < -0.3 is 19.1 Å². The molecular formula is C16H16ClN3O4. The first-order valence-electron chi connectivity index (χ1n) is 7.28. The zero-order valence-corrected chi connectivity index (χ0v) is 14.0. The van der Waals surface area contributed by atoms with E-state index in [0.717, 1.165) is 17.1 Å². The van der Waals surface area contributed by atoms with Crippen molar-refractivity contribution in [3.05, 3.63) is 40.5 Å². The van der Waals surface area contributed by atoms with Crippen LogP contribution < -0.4 is 14.4 Å². The number of rotatable bonds is 3. The van der Waals surface area contributed by atoms with Crippen molar-refractivity contribution < 1.29 is 19.0 Å². The molecule has 0 fully saturated rings. The largest absolute Gasteiger partial charge is 0.497 e. The Bertz CT molecular complexity index is 769. The Morgan fingerprint density at radius 2 is 2.12 bits per heavy atom. The van der Waals surface area contributed by atoms with E-state index in [0.29, 0.717) is 25.5 Å². The predicted molar refractivity (Wildman–Crippen MR) is 87.9 cm³/mol. The monoisotopic (exact) mass is 349 g/mol. The summed E-state index contributed by atoms with van der Waals surface area (Å²) < 4.78 is 15.8. The molecule has 0 amide bonds. The average Bonchev–Trinajstić information content (AvgIpc) is 2.82. The molecule has 0 saturated heterocycles. The molecule has 1 aliphatic heterocycles. The van der Waals surface area contributed by atoms with Crippen LogP contribution in [0.1, 0.15) is 15.9 Å². The predicted octanol–water partition coefficient (Wildman–Crippen LogP) is 2.32. The fourth-order valence-corrected chi connectivity index (χ4v) is 2.68. The van der Waals surface area contributed by atoms with Crippen molar-refractivity contribution in [2.45, 2.75) is 6.54 Å². The lowest BCUT2D eigenvalue weighted by molar-refractivity contribution is 0.0600. The van der Waals surface area contributed by atoms with Crippen molar-refractivity contribution in [2.24, 2.45) is 0 Å². The quantitative estimate of drug-likeness (QED) is 0.787. The van der Waals surface area contributed by atoms with E-state index in [4.69, 9.17) is 25.8 Å². The lowest BCUT2D eigenvalue weighted by Gasteiger charge is -2.22. The number of halogens is 1. The standard InChI is InChI=1S/C16H16ClN3O4/c1-22-11-3-4-13-10(7-11)9-20(5-6-24-13)15-12(16(21)23-2)8-14(17)18-19-15/h3-4,7-8H,5-6,9H2,1-2H3. The molecule has 0 unspecified atom stereocenters. The highest BCUT2D eigenvalue weighted by atomic mass is 35.5. The van der Waals surface area contributed by atoms with Crippen LogP contribution in [-0.2, 0) is 11.3 Å². The second-order valence-electron chi connectivity index (χ2n) is 5.14. The van der Waals surface area contributed by atoms with Crippen LogP contribution in [0.2, 0.25) is 5.15 Å². The van der Waals surface area contributed by atoms with Crippen molar-refractivity contribution in [3.8, 4) is 11.5 Å². The number of nitrogens with zero attached hydrogens (tertiary/aromatic N) is 3. The molecule has 7 nitrogen and oxygen atoms in total. The summed E-state index contributed by atoms with van der Waals surface area (Å²) in [6.45, 7) is 1.48. The number of ether oxygens (including phenoxy) is 3. The van der Waals surface area contributed by atoms with Crippen molar-refractivity contribution in [1.82, 2.24) is 10.2 Å². The molecular weight excluding hydrogens is 334 g/mol. The van der Waals surface area contributed by atoms with E-state index in [1.54, 1.807) is 7.11 Å². The van der Waals surface area contributed by atoms with Gasteiger partial charge in [0, 0.05) is 12.1 Å². The summed E-state index contributed by atoms with van der Waals surface area (Å²) in [5, 5.41) is 8.07. The van der Waals surface area contributed by atoms with Crippen molar-refractivity contribution in [1.29, 1.82) is 0 Å². The number of esters is 1. The third kappa shape index (κ3) is 3.21. The lowest BCUT2D eigenvalue weighted by Crippen LogP contribution is -2.28. The molecule has 0 saturated carbocycles. The lowest BCUT2D eigenvalue weighted by atomic mass is 10.1. The van der Waals surface area contributed by atoms with Crippen LogP contribution in [0.5, 0.6) is 11.5 Å². The average molecular weight is 350 g/mol. The third-order valence-corrected chi connectivity index (χ3v) is 3.88. The SMILES string of the molecule is COC(=O)c1cc(Cl)nnc1N1CCOc2ccc(OC)cc2C1. The molecule has 0 bridgehead atoms. The molecule has 0 radical (unpaired) electrons. The Balaban J connectivity index is 1.99. The van der Waals surface area contributed by atoms with Gasteiger partial charge in [0.05, 0.1) is 20.8 Å². The topological polar surface area (TPSA) is 73.8 Å². The molecule has 8 heteroatoms. The normalized spacial score (nSPS) is 13.5. The van der Waals surface area contributed by atoms with E-state index in [9.17, 15) is 4.79 Å². The molecule has 0 atom stereocenters. The number of hydrogen-bond acceptors (Lipinski definition) is 7. The molecule has 126 valence electrons. The molecule has 1 aromatic heterocycles. The van der Waals surface area contributed by atoms with Crippen LogP contribution in [0.25, 0.3) is 0 Å². The maximum absolute atomic E-state index is 12.0. The number of anilines is 1. The zero-order chi connectivity index (χ0) is 17.1. The molecule has 1 aliphatic rings. The van der Waals surface area contributed by atoms with Gasteiger partial charge >= 0.3 is 5.97 Å². The first kappa shape index (κ1) is 16.3. The van der Waals surface area contributed by atoms with E-state index >= 15 is 0 Å². The number of benzene rings is 1. The van der Waals surface area contributed by atoms with Crippen molar-refractivity contribution in [2.75, 3.05) is 32.3 Å². The van der Waals surface area contributed by atoms with Gasteiger partial charge in [0.15, 0.2) is 11.0 Å². The number of fused-ring (bicyclic) bond motifs is 1. The molecule has 24 heavy (non-hydrogen) atoms. The van der Waals surface area contributed by atoms with E-state index in [1.165, 1.54) is 13.2 Å². The van der Waals surface area contributed by atoms with Gasteiger partial charge in [-0.25, -0.2) is 4.79 Å². The van der Waals surface area contributed by atoms with Crippen LogP contribution >= 0.6 is 11.6 Å². The van der Waals surface area contributed by atoms with Gasteiger partial charge in [0.25, 0.3) is 0 Å². The second kappa shape index (κ2) is 6.92.